The van der Waals surface area contributed by atoms with Crippen LogP contribution in [0.3, 0.4) is 0 Å². The molecule has 4 nitrogen and oxygen atoms in total. The van der Waals surface area contributed by atoms with Gasteiger partial charge in [-0.05, 0) is 6.42 Å². The highest BCUT2D eigenvalue weighted by Crippen LogP contribution is 2.35. The molecule has 1 aliphatic heterocycles. The molecule has 1 aromatic rings. The van der Waals surface area contributed by atoms with Crippen LogP contribution in [0.5, 0.6) is 11.5 Å². The van der Waals surface area contributed by atoms with Gasteiger partial charge in [0.1, 0.15) is 13.2 Å². The van der Waals surface area contributed by atoms with Crippen molar-refractivity contribution in [2.24, 2.45) is 0 Å². The Bertz CT molecular complexity index is 361. The van der Waals surface area contributed by atoms with Crippen LogP contribution in [0.25, 0.3) is 0 Å². The third kappa shape index (κ3) is 2.66. The molecular formula is C11H14O4S. The zero-order chi connectivity index (χ0) is 11.4. The molecule has 2 rings (SSSR count). The van der Waals surface area contributed by atoms with Crippen LogP contribution < -0.4 is 9.47 Å². The van der Waals surface area contributed by atoms with Crippen LogP contribution in [0, 0.1) is 0 Å². The zero-order valence-corrected chi connectivity index (χ0v) is 9.92. The molecule has 88 valence electrons. The third-order valence-corrected chi connectivity index (χ3v) is 2.90. The van der Waals surface area contributed by atoms with E-state index in [9.17, 15) is 4.79 Å². The second kappa shape index (κ2) is 5.21. The van der Waals surface area contributed by atoms with E-state index >= 15 is 0 Å². The van der Waals surface area contributed by atoms with Crippen LogP contribution in [0.4, 0.5) is 0 Å². The highest BCUT2D eigenvalue weighted by Gasteiger charge is 2.22. The fourth-order valence-corrected chi connectivity index (χ4v) is 2.08. The minimum atomic E-state index is -0.192. The van der Waals surface area contributed by atoms with Gasteiger partial charge in [-0.3, -0.25) is 4.79 Å². The van der Waals surface area contributed by atoms with Gasteiger partial charge in [-0.1, -0.05) is 6.92 Å². The van der Waals surface area contributed by atoms with Crippen LogP contribution in [0.1, 0.15) is 19.8 Å². The zero-order valence-electron chi connectivity index (χ0n) is 9.10. The molecule has 0 amide bonds. The van der Waals surface area contributed by atoms with Gasteiger partial charge in [-0.15, -0.1) is 11.3 Å². The Kier molecular flexibility index (Phi) is 3.66. The van der Waals surface area contributed by atoms with Gasteiger partial charge in [0.2, 0.25) is 0 Å². The first-order valence-corrected chi connectivity index (χ1v) is 6.25. The minimum absolute atomic E-state index is 0.179. The number of carbonyl (C=O) groups is 1. The topological polar surface area (TPSA) is 44.8 Å². The maximum absolute atomic E-state index is 11.2. The third-order valence-electron chi connectivity index (χ3n) is 2.20. The highest BCUT2D eigenvalue weighted by atomic mass is 32.1. The first-order valence-electron chi connectivity index (χ1n) is 5.31. The average molecular weight is 242 g/mol. The SMILES string of the molecule is CCCC(=O)OCC1COc2cscc2O1. The fourth-order valence-electron chi connectivity index (χ4n) is 1.41. The van der Waals surface area contributed by atoms with E-state index in [1.807, 2.05) is 17.7 Å². The summed E-state index contributed by atoms with van der Waals surface area (Å²) in [7, 11) is 0. The molecule has 0 fully saturated rings. The maximum Gasteiger partial charge on any atom is 0.305 e. The lowest BCUT2D eigenvalue weighted by Crippen LogP contribution is -2.33. The molecule has 0 aromatic carbocycles. The van der Waals surface area contributed by atoms with Gasteiger partial charge in [0.15, 0.2) is 17.6 Å². The molecule has 0 N–H and O–H groups in total. The summed E-state index contributed by atoms with van der Waals surface area (Å²) in [5.41, 5.74) is 0. The molecule has 16 heavy (non-hydrogen) atoms. The van der Waals surface area contributed by atoms with Crippen molar-refractivity contribution in [3.8, 4) is 11.5 Å². The van der Waals surface area contributed by atoms with E-state index in [4.69, 9.17) is 14.2 Å². The molecule has 2 heterocycles. The van der Waals surface area contributed by atoms with Gasteiger partial charge in [0, 0.05) is 17.2 Å². The number of fused-ring (bicyclic) bond motifs is 1. The van der Waals surface area contributed by atoms with Crippen molar-refractivity contribution >= 4 is 17.3 Å². The van der Waals surface area contributed by atoms with Crippen molar-refractivity contribution in [2.75, 3.05) is 13.2 Å². The molecule has 0 aliphatic carbocycles. The van der Waals surface area contributed by atoms with E-state index in [0.717, 1.165) is 17.9 Å². The Balaban J connectivity index is 1.79. The molecule has 0 bridgehead atoms. The molecule has 1 unspecified atom stereocenters. The van der Waals surface area contributed by atoms with Crippen LogP contribution in [-0.4, -0.2) is 25.3 Å². The summed E-state index contributed by atoms with van der Waals surface area (Å²) in [6, 6.07) is 0. The summed E-state index contributed by atoms with van der Waals surface area (Å²) in [5, 5.41) is 3.78. The predicted octanol–water partition coefficient (Wildman–Crippen LogP) is 2.23. The molecule has 1 aliphatic rings. The van der Waals surface area contributed by atoms with E-state index in [0.29, 0.717) is 13.0 Å². The Hall–Kier alpha value is -1.23. The van der Waals surface area contributed by atoms with E-state index in [2.05, 4.69) is 0 Å². The lowest BCUT2D eigenvalue weighted by atomic mass is 10.3. The summed E-state index contributed by atoms with van der Waals surface area (Å²) in [5.74, 6) is 1.34. The van der Waals surface area contributed by atoms with Crippen molar-refractivity contribution in [2.45, 2.75) is 25.9 Å². The predicted molar refractivity (Wildman–Crippen MR) is 60.1 cm³/mol. The van der Waals surface area contributed by atoms with Gasteiger partial charge in [0.25, 0.3) is 0 Å². The lowest BCUT2D eigenvalue weighted by molar-refractivity contribution is -0.146. The molecule has 0 saturated heterocycles. The van der Waals surface area contributed by atoms with Gasteiger partial charge in [0.05, 0.1) is 0 Å². The Labute approximate surface area is 98.1 Å². The summed E-state index contributed by atoms with van der Waals surface area (Å²) < 4.78 is 16.1. The summed E-state index contributed by atoms with van der Waals surface area (Å²) >= 11 is 1.53. The Morgan fingerprint density at radius 3 is 3.19 bits per heavy atom. The van der Waals surface area contributed by atoms with E-state index < -0.39 is 0 Å². The van der Waals surface area contributed by atoms with Crippen LogP contribution in [-0.2, 0) is 9.53 Å². The number of hydrogen-bond acceptors (Lipinski definition) is 5. The lowest BCUT2D eigenvalue weighted by Gasteiger charge is -2.23. The molecule has 0 radical (unpaired) electrons. The number of ether oxygens (including phenoxy) is 3. The minimum Gasteiger partial charge on any atom is -0.485 e. The molecule has 1 aromatic heterocycles. The van der Waals surface area contributed by atoms with Gasteiger partial charge in [-0.2, -0.15) is 0 Å². The maximum atomic E-state index is 11.2. The fraction of sp³-hybridized carbons (Fsp3) is 0.545. The van der Waals surface area contributed by atoms with Crippen molar-refractivity contribution in [3.05, 3.63) is 10.8 Å². The summed E-state index contributed by atoms with van der Waals surface area (Å²) in [4.78, 5) is 11.2. The molecule has 0 spiro atoms. The van der Waals surface area contributed by atoms with E-state index in [1.165, 1.54) is 11.3 Å². The Morgan fingerprint density at radius 1 is 1.56 bits per heavy atom. The van der Waals surface area contributed by atoms with Gasteiger partial charge >= 0.3 is 5.97 Å². The average Bonchev–Trinajstić information content (AvgIpc) is 2.74. The van der Waals surface area contributed by atoms with E-state index in [-0.39, 0.29) is 18.7 Å². The Morgan fingerprint density at radius 2 is 2.38 bits per heavy atom. The molecular weight excluding hydrogens is 228 g/mol. The number of esters is 1. The van der Waals surface area contributed by atoms with Crippen LogP contribution >= 0.6 is 11.3 Å². The largest absolute Gasteiger partial charge is 0.485 e. The molecule has 0 saturated carbocycles. The number of hydrogen-bond donors (Lipinski definition) is 0. The number of rotatable bonds is 4. The van der Waals surface area contributed by atoms with Crippen molar-refractivity contribution < 1.29 is 19.0 Å². The highest BCUT2D eigenvalue weighted by molar-refractivity contribution is 7.08. The number of carbonyl (C=O) groups excluding carboxylic acids is 1. The monoisotopic (exact) mass is 242 g/mol. The molecule has 5 heteroatoms. The first-order chi connectivity index (χ1) is 7.79. The van der Waals surface area contributed by atoms with Crippen molar-refractivity contribution in [3.63, 3.8) is 0 Å². The summed E-state index contributed by atoms with van der Waals surface area (Å²) in [6.07, 6.45) is 1.07. The standard InChI is InChI=1S/C11H14O4S/c1-2-3-11(12)14-5-8-4-13-9-6-16-7-10(9)15-8/h6-8H,2-5H2,1H3. The summed E-state index contributed by atoms with van der Waals surface area (Å²) in [6.45, 7) is 2.64. The molecule has 1 atom stereocenters. The number of thiophene rings is 1. The smallest absolute Gasteiger partial charge is 0.305 e. The van der Waals surface area contributed by atoms with Gasteiger partial charge in [-0.25, -0.2) is 0 Å². The normalized spacial score (nSPS) is 18.2. The second-order valence-corrected chi connectivity index (χ2v) is 4.33. The van der Waals surface area contributed by atoms with Crippen molar-refractivity contribution in [1.82, 2.24) is 0 Å². The second-order valence-electron chi connectivity index (χ2n) is 3.58. The first kappa shape index (κ1) is 11.3. The van der Waals surface area contributed by atoms with E-state index in [1.54, 1.807) is 0 Å². The van der Waals surface area contributed by atoms with Crippen molar-refractivity contribution in [1.29, 1.82) is 0 Å². The van der Waals surface area contributed by atoms with Crippen LogP contribution in [0.2, 0.25) is 0 Å². The quantitative estimate of drug-likeness (QED) is 0.759. The van der Waals surface area contributed by atoms with Crippen LogP contribution in [0.15, 0.2) is 10.8 Å². The van der Waals surface area contributed by atoms with Gasteiger partial charge < -0.3 is 14.2 Å².